The molecule has 1 saturated heterocycles. The molecule has 1 amide bonds. The molecule has 0 bridgehead atoms. The summed E-state index contributed by atoms with van der Waals surface area (Å²) in [5.74, 6) is -0.418. The maximum atomic E-state index is 12.9. The lowest BCUT2D eigenvalue weighted by molar-refractivity contribution is 0.0695. The Morgan fingerprint density at radius 2 is 1.63 bits per heavy atom. The molecule has 1 N–H and O–H groups in total. The average Bonchev–Trinajstić information content (AvgIpc) is 2.61. The van der Waals surface area contributed by atoms with Crippen LogP contribution in [0.4, 0.5) is 0 Å². The van der Waals surface area contributed by atoms with Crippen molar-refractivity contribution in [2.45, 2.75) is 11.8 Å². The van der Waals surface area contributed by atoms with Crippen LogP contribution in [0.3, 0.4) is 0 Å². The number of hydrogen-bond donors (Lipinski definition) is 1. The number of amides is 1. The Bertz CT molecular complexity index is 967. The third-order valence-corrected chi connectivity index (χ3v) is 7.28. The molecule has 1 aliphatic rings. The van der Waals surface area contributed by atoms with E-state index in [2.05, 4.69) is 0 Å². The molecule has 6 nitrogen and oxygen atoms in total. The van der Waals surface area contributed by atoms with Gasteiger partial charge in [0.05, 0.1) is 15.6 Å². The second-order valence-corrected chi connectivity index (χ2v) is 8.96. The molecule has 0 aromatic heterocycles. The van der Waals surface area contributed by atoms with E-state index in [1.807, 2.05) is 6.92 Å². The maximum Gasteiger partial charge on any atom is 0.257 e. The first-order valence-corrected chi connectivity index (χ1v) is 10.4. The summed E-state index contributed by atoms with van der Waals surface area (Å²) in [6.45, 7) is 2.45. The molecule has 0 saturated carbocycles. The number of phenols is 1. The highest BCUT2D eigenvalue weighted by molar-refractivity contribution is 7.89. The molecule has 27 heavy (non-hydrogen) atoms. The Hall–Kier alpha value is -1.80. The fraction of sp³-hybridized carbons (Fsp3) is 0.278. The topological polar surface area (TPSA) is 77.9 Å². The van der Waals surface area contributed by atoms with Crippen molar-refractivity contribution in [3.8, 4) is 5.75 Å². The number of aromatic hydroxyl groups is 1. The zero-order chi connectivity index (χ0) is 19.8. The fourth-order valence-corrected chi connectivity index (χ4v) is 5.50. The molecule has 144 valence electrons. The predicted octanol–water partition coefficient (Wildman–Crippen LogP) is 3.15. The van der Waals surface area contributed by atoms with Gasteiger partial charge in [-0.1, -0.05) is 35.3 Å². The van der Waals surface area contributed by atoms with Crippen LogP contribution in [0.2, 0.25) is 10.0 Å². The number of piperazine rings is 1. The number of sulfonamides is 1. The van der Waals surface area contributed by atoms with Crippen molar-refractivity contribution in [1.29, 1.82) is 0 Å². The summed E-state index contributed by atoms with van der Waals surface area (Å²) in [6, 6.07) is 9.36. The smallest absolute Gasteiger partial charge is 0.257 e. The Morgan fingerprint density at radius 3 is 2.19 bits per heavy atom. The first-order chi connectivity index (χ1) is 12.7. The number of phenolic OH excluding ortho intramolecular Hbond substituents is 1. The lowest BCUT2D eigenvalue weighted by atomic mass is 10.1. The molecule has 9 heteroatoms. The highest BCUT2D eigenvalue weighted by atomic mass is 35.5. The van der Waals surface area contributed by atoms with Crippen molar-refractivity contribution in [3.63, 3.8) is 0 Å². The van der Waals surface area contributed by atoms with Crippen molar-refractivity contribution in [1.82, 2.24) is 9.21 Å². The average molecular weight is 429 g/mol. The van der Waals surface area contributed by atoms with Crippen molar-refractivity contribution in [2.75, 3.05) is 26.2 Å². The molecule has 0 aliphatic carbocycles. The van der Waals surface area contributed by atoms with Crippen LogP contribution in [-0.2, 0) is 10.0 Å². The van der Waals surface area contributed by atoms with Crippen molar-refractivity contribution < 1.29 is 18.3 Å². The predicted molar refractivity (Wildman–Crippen MR) is 104 cm³/mol. The number of halogens is 2. The van der Waals surface area contributed by atoms with Crippen LogP contribution in [0.5, 0.6) is 5.75 Å². The van der Waals surface area contributed by atoms with Crippen molar-refractivity contribution in [3.05, 3.63) is 57.6 Å². The largest absolute Gasteiger partial charge is 0.507 e. The van der Waals surface area contributed by atoms with Gasteiger partial charge in [-0.15, -0.1) is 0 Å². The SMILES string of the molecule is Cc1ccc(C(=O)N2CCN(S(=O)(=O)c3c(Cl)cccc3Cl)CC2)c(O)c1. The molecule has 1 aliphatic heterocycles. The zero-order valence-electron chi connectivity index (χ0n) is 14.5. The second-order valence-electron chi connectivity index (χ2n) is 6.27. The standard InChI is InChI=1S/C18H18Cl2N2O4S/c1-12-5-6-13(16(23)11-12)18(24)21-7-9-22(10-8-21)27(25,26)17-14(19)3-2-4-15(17)20/h2-6,11,23H,7-10H2,1H3. The molecule has 0 unspecified atom stereocenters. The van der Waals surface area contributed by atoms with E-state index in [1.54, 1.807) is 18.2 Å². The third kappa shape index (κ3) is 3.91. The Labute approximate surface area is 168 Å². The van der Waals surface area contributed by atoms with Crippen LogP contribution >= 0.6 is 23.2 Å². The minimum Gasteiger partial charge on any atom is -0.507 e. The van der Waals surface area contributed by atoms with E-state index < -0.39 is 10.0 Å². The molecule has 2 aromatic rings. The van der Waals surface area contributed by atoms with Gasteiger partial charge in [0.15, 0.2) is 0 Å². The summed E-state index contributed by atoms with van der Waals surface area (Å²) in [5.41, 5.74) is 1.04. The summed E-state index contributed by atoms with van der Waals surface area (Å²) in [5, 5.41) is 10.1. The summed E-state index contributed by atoms with van der Waals surface area (Å²) < 4.78 is 27.0. The van der Waals surface area contributed by atoms with Crippen LogP contribution in [0, 0.1) is 6.92 Å². The van der Waals surface area contributed by atoms with Gasteiger partial charge >= 0.3 is 0 Å². The summed E-state index contributed by atoms with van der Waals surface area (Å²) in [6.07, 6.45) is 0. The van der Waals surface area contributed by atoms with E-state index in [-0.39, 0.29) is 58.3 Å². The Balaban J connectivity index is 1.76. The van der Waals surface area contributed by atoms with Crippen molar-refractivity contribution >= 4 is 39.1 Å². The van der Waals surface area contributed by atoms with Gasteiger partial charge in [-0.05, 0) is 36.8 Å². The lowest BCUT2D eigenvalue weighted by Gasteiger charge is -2.34. The van der Waals surface area contributed by atoms with E-state index in [9.17, 15) is 18.3 Å². The van der Waals surface area contributed by atoms with Gasteiger partial charge in [-0.3, -0.25) is 4.79 Å². The fourth-order valence-electron chi connectivity index (χ4n) is 2.98. The molecular weight excluding hydrogens is 411 g/mol. The summed E-state index contributed by atoms with van der Waals surface area (Å²) >= 11 is 12.1. The van der Waals surface area contributed by atoms with E-state index >= 15 is 0 Å². The number of rotatable bonds is 3. The van der Waals surface area contributed by atoms with Gasteiger partial charge in [-0.2, -0.15) is 4.31 Å². The number of carbonyl (C=O) groups excluding carboxylic acids is 1. The summed E-state index contributed by atoms with van der Waals surface area (Å²) in [4.78, 5) is 14.0. The zero-order valence-corrected chi connectivity index (χ0v) is 16.9. The minimum atomic E-state index is -3.87. The van der Waals surface area contributed by atoms with E-state index in [0.29, 0.717) is 0 Å². The summed E-state index contributed by atoms with van der Waals surface area (Å²) in [7, 11) is -3.87. The van der Waals surface area contributed by atoms with Crippen LogP contribution in [-0.4, -0.2) is 54.8 Å². The van der Waals surface area contributed by atoms with Gasteiger partial charge in [0.25, 0.3) is 5.91 Å². The van der Waals surface area contributed by atoms with E-state index in [4.69, 9.17) is 23.2 Å². The highest BCUT2D eigenvalue weighted by Crippen LogP contribution is 2.32. The number of benzene rings is 2. The van der Waals surface area contributed by atoms with Gasteiger partial charge in [0, 0.05) is 26.2 Å². The first-order valence-electron chi connectivity index (χ1n) is 8.25. The van der Waals surface area contributed by atoms with Gasteiger partial charge < -0.3 is 10.0 Å². The quantitative estimate of drug-likeness (QED) is 0.813. The van der Waals surface area contributed by atoms with E-state index in [0.717, 1.165) is 5.56 Å². The van der Waals surface area contributed by atoms with E-state index in [1.165, 1.54) is 27.4 Å². The Morgan fingerprint density at radius 1 is 1.04 bits per heavy atom. The number of aryl methyl sites for hydroxylation is 1. The molecule has 1 fully saturated rings. The highest BCUT2D eigenvalue weighted by Gasteiger charge is 2.33. The lowest BCUT2D eigenvalue weighted by Crippen LogP contribution is -2.50. The van der Waals surface area contributed by atoms with Crippen LogP contribution < -0.4 is 0 Å². The number of hydrogen-bond acceptors (Lipinski definition) is 4. The van der Waals surface area contributed by atoms with Crippen LogP contribution in [0.15, 0.2) is 41.3 Å². The van der Waals surface area contributed by atoms with Gasteiger partial charge in [0.2, 0.25) is 10.0 Å². The molecule has 0 atom stereocenters. The monoisotopic (exact) mass is 428 g/mol. The molecular formula is C18H18Cl2N2O4S. The normalized spacial score (nSPS) is 15.7. The first kappa shape index (κ1) is 19.9. The van der Waals surface area contributed by atoms with Crippen LogP contribution in [0.1, 0.15) is 15.9 Å². The molecule has 0 spiro atoms. The molecule has 1 heterocycles. The minimum absolute atomic E-state index is 0.0607. The molecule has 0 radical (unpaired) electrons. The Kier molecular flexibility index (Phi) is 5.67. The van der Waals surface area contributed by atoms with Gasteiger partial charge in [-0.25, -0.2) is 8.42 Å². The maximum absolute atomic E-state index is 12.9. The number of carbonyl (C=O) groups is 1. The van der Waals surface area contributed by atoms with Crippen LogP contribution in [0.25, 0.3) is 0 Å². The second kappa shape index (κ2) is 7.67. The van der Waals surface area contributed by atoms with Crippen molar-refractivity contribution in [2.24, 2.45) is 0 Å². The number of nitrogens with zero attached hydrogens (tertiary/aromatic N) is 2. The third-order valence-electron chi connectivity index (χ3n) is 4.43. The molecule has 2 aromatic carbocycles. The van der Waals surface area contributed by atoms with Gasteiger partial charge in [0.1, 0.15) is 10.6 Å². The molecule has 3 rings (SSSR count).